The van der Waals surface area contributed by atoms with E-state index in [1.165, 1.54) is 32.1 Å². The Morgan fingerprint density at radius 3 is 2.52 bits per heavy atom. The lowest BCUT2D eigenvalue weighted by molar-refractivity contribution is -0.135. The highest BCUT2D eigenvalue weighted by Crippen LogP contribution is 2.49. The SMILES string of the molecule is O=C(CCC1CN(C(=O)CCn2ccnc2)CC12CCCCC2)N1CCOCC1. The lowest BCUT2D eigenvalue weighted by Gasteiger charge is -2.38. The van der Waals surface area contributed by atoms with Crippen molar-refractivity contribution in [3.8, 4) is 0 Å². The summed E-state index contributed by atoms with van der Waals surface area (Å²) in [4.78, 5) is 33.6. The van der Waals surface area contributed by atoms with Crippen LogP contribution >= 0.6 is 0 Å². The van der Waals surface area contributed by atoms with Gasteiger partial charge >= 0.3 is 0 Å². The molecule has 2 amide bonds. The molecule has 1 aliphatic carbocycles. The molecule has 0 N–H and O–H groups in total. The molecule has 3 fully saturated rings. The molecule has 3 heterocycles. The van der Waals surface area contributed by atoms with Crippen LogP contribution in [0, 0.1) is 11.3 Å². The summed E-state index contributed by atoms with van der Waals surface area (Å²) in [5.74, 6) is 0.944. The molecule has 0 aromatic carbocycles. The van der Waals surface area contributed by atoms with Crippen molar-refractivity contribution in [2.24, 2.45) is 11.3 Å². The smallest absolute Gasteiger partial charge is 0.224 e. The first kappa shape index (κ1) is 20.4. The van der Waals surface area contributed by atoms with Crippen LogP contribution in [-0.4, -0.2) is 70.6 Å². The van der Waals surface area contributed by atoms with Crippen LogP contribution in [0.25, 0.3) is 0 Å². The molecule has 7 nitrogen and oxygen atoms in total. The number of hydrogen-bond acceptors (Lipinski definition) is 4. The monoisotopic (exact) mass is 402 g/mol. The van der Waals surface area contributed by atoms with Gasteiger partial charge in [0.1, 0.15) is 0 Å². The Hall–Kier alpha value is -1.89. The van der Waals surface area contributed by atoms with E-state index in [9.17, 15) is 9.59 Å². The Labute approximate surface area is 173 Å². The van der Waals surface area contributed by atoms with E-state index in [0.717, 1.165) is 19.5 Å². The van der Waals surface area contributed by atoms with Crippen molar-refractivity contribution >= 4 is 11.8 Å². The Bertz CT molecular complexity index is 678. The van der Waals surface area contributed by atoms with E-state index in [2.05, 4.69) is 9.88 Å². The molecule has 0 radical (unpaired) electrons. The van der Waals surface area contributed by atoms with Crippen LogP contribution < -0.4 is 0 Å². The minimum Gasteiger partial charge on any atom is -0.378 e. The van der Waals surface area contributed by atoms with Crippen LogP contribution in [0.15, 0.2) is 18.7 Å². The first-order valence-electron chi connectivity index (χ1n) is 11.3. The normalized spacial score (nSPS) is 24.2. The van der Waals surface area contributed by atoms with Gasteiger partial charge in [0, 0.05) is 58.0 Å². The zero-order chi connectivity index (χ0) is 20.1. The molecule has 160 valence electrons. The predicted octanol–water partition coefficient (Wildman–Crippen LogP) is 2.32. The summed E-state index contributed by atoms with van der Waals surface area (Å²) in [5.41, 5.74) is 0.230. The summed E-state index contributed by atoms with van der Waals surface area (Å²) in [6, 6.07) is 0. The molecule has 2 saturated heterocycles. The third kappa shape index (κ3) is 4.82. The lowest BCUT2D eigenvalue weighted by atomic mass is 9.66. The minimum atomic E-state index is 0.230. The number of aryl methyl sites for hydroxylation is 1. The maximum Gasteiger partial charge on any atom is 0.224 e. The van der Waals surface area contributed by atoms with Crippen LogP contribution in [0.5, 0.6) is 0 Å². The Morgan fingerprint density at radius 2 is 1.79 bits per heavy atom. The summed E-state index contributed by atoms with van der Waals surface area (Å²) >= 11 is 0. The number of carbonyl (C=O) groups excluding carboxylic acids is 2. The highest BCUT2D eigenvalue weighted by Gasteiger charge is 2.47. The number of morpholine rings is 1. The predicted molar refractivity (Wildman–Crippen MR) is 109 cm³/mol. The molecule has 1 aromatic rings. The number of carbonyl (C=O) groups is 2. The third-order valence-electron chi connectivity index (χ3n) is 7.23. The van der Waals surface area contributed by atoms with E-state index >= 15 is 0 Å². The Balaban J connectivity index is 1.35. The van der Waals surface area contributed by atoms with Crippen molar-refractivity contribution in [2.75, 3.05) is 39.4 Å². The molecule has 1 saturated carbocycles. The van der Waals surface area contributed by atoms with Gasteiger partial charge in [0.2, 0.25) is 11.8 Å². The standard InChI is InChI=1S/C22H34N4O3/c27-20(25-12-14-29-15-13-25)5-4-19-16-26(17-22(19)7-2-1-3-8-22)21(28)6-10-24-11-9-23-18-24/h9,11,18-19H,1-8,10,12-17H2. The first-order chi connectivity index (χ1) is 14.2. The molecule has 29 heavy (non-hydrogen) atoms. The van der Waals surface area contributed by atoms with Crippen LogP contribution in [0.3, 0.4) is 0 Å². The second kappa shape index (κ2) is 9.28. The van der Waals surface area contributed by atoms with Crippen molar-refractivity contribution in [3.05, 3.63) is 18.7 Å². The molecule has 0 bridgehead atoms. The average Bonchev–Trinajstić information content (AvgIpc) is 3.40. The average molecular weight is 403 g/mol. The first-order valence-corrected chi connectivity index (χ1v) is 11.3. The summed E-state index contributed by atoms with van der Waals surface area (Å²) in [7, 11) is 0. The van der Waals surface area contributed by atoms with Crippen LogP contribution in [0.1, 0.15) is 51.4 Å². The second-order valence-electron chi connectivity index (χ2n) is 8.98. The van der Waals surface area contributed by atoms with E-state index in [1.54, 1.807) is 12.5 Å². The summed E-state index contributed by atoms with van der Waals surface area (Å²) < 4.78 is 7.33. The fraction of sp³-hybridized carbons (Fsp3) is 0.773. The lowest BCUT2D eigenvalue weighted by Crippen LogP contribution is -2.41. The van der Waals surface area contributed by atoms with Crippen molar-refractivity contribution in [1.29, 1.82) is 0 Å². The fourth-order valence-electron chi connectivity index (χ4n) is 5.51. The zero-order valence-electron chi connectivity index (χ0n) is 17.4. The van der Waals surface area contributed by atoms with Gasteiger partial charge in [-0.15, -0.1) is 0 Å². The van der Waals surface area contributed by atoms with Crippen LogP contribution in [0.4, 0.5) is 0 Å². The number of nitrogens with zero attached hydrogens (tertiary/aromatic N) is 4. The van der Waals surface area contributed by atoms with Gasteiger partial charge in [0.05, 0.1) is 19.5 Å². The second-order valence-corrected chi connectivity index (χ2v) is 8.98. The largest absolute Gasteiger partial charge is 0.378 e. The maximum absolute atomic E-state index is 12.9. The van der Waals surface area contributed by atoms with Crippen molar-refractivity contribution in [2.45, 2.75) is 57.9 Å². The molecule has 1 atom stereocenters. The highest BCUT2D eigenvalue weighted by molar-refractivity contribution is 5.77. The number of likely N-dealkylation sites (tertiary alicyclic amines) is 1. The number of aromatic nitrogens is 2. The van der Waals surface area contributed by atoms with Gasteiger partial charge in [-0.1, -0.05) is 19.3 Å². The van der Waals surface area contributed by atoms with E-state index in [4.69, 9.17) is 4.74 Å². The quantitative estimate of drug-likeness (QED) is 0.732. The molecule has 1 spiro atoms. The van der Waals surface area contributed by atoms with E-state index in [0.29, 0.717) is 51.6 Å². The van der Waals surface area contributed by atoms with Gasteiger partial charge in [-0.25, -0.2) is 4.98 Å². The molecule has 1 unspecified atom stereocenters. The third-order valence-corrected chi connectivity index (χ3v) is 7.23. The van der Waals surface area contributed by atoms with E-state index in [1.807, 2.05) is 15.7 Å². The number of imidazole rings is 1. The zero-order valence-corrected chi connectivity index (χ0v) is 17.4. The van der Waals surface area contributed by atoms with Gasteiger partial charge in [-0.3, -0.25) is 9.59 Å². The summed E-state index contributed by atoms with van der Waals surface area (Å²) in [6.07, 6.45) is 13.7. The molecular weight excluding hydrogens is 368 g/mol. The topological polar surface area (TPSA) is 67.7 Å². The summed E-state index contributed by atoms with van der Waals surface area (Å²) in [5, 5.41) is 0. The molecular formula is C22H34N4O3. The molecule has 4 rings (SSSR count). The van der Waals surface area contributed by atoms with Gasteiger partial charge in [0.25, 0.3) is 0 Å². The fourth-order valence-corrected chi connectivity index (χ4v) is 5.51. The van der Waals surface area contributed by atoms with Gasteiger partial charge in [-0.05, 0) is 30.6 Å². The van der Waals surface area contributed by atoms with Gasteiger partial charge in [-0.2, -0.15) is 0 Å². The summed E-state index contributed by atoms with van der Waals surface area (Å²) in [6.45, 7) is 5.12. The number of amides is 2. The minimum absolute atomic E-state index is 0.230. The van der Waals surface area contributed by atoms with Crippen LogP contribution in [0.2, 0.25) is 0 Å². The highest BCUT2D eigenvalue weighted by atomic mass is 16.5. The number of hydrogen-bond donors (Lipinski definition) is 0. The molecule has 2 aliphatic heterocycles. The maximum atomic E-state index is 12.9. The Morgan fingerprint density at radius 1 is 1.03 bits per heavy atom. The molecule has 7 heteroatoms. The van der Waals surface area contributed by atoms with Crippen molar-refractivity contribution < 1.29 is 14.3 Å². The molecule has 3 aliphatic rings. The van der Waals surface area contributed by atoms with Gasteiger partial charge in [0.15, 0.2) is 0 Å². The molecule has 1 aromatic heterocycles. The van der Waals surface area contributed by atoms with Gasteiger partial charge < -0.3 is 19.1 Å². The van der Waals surface area contributed by atoms with Crippen molar-refractivity contribution in [1.82, 2.24) is 19.4 Å². The number of ether oxygens (including phenoxy) is 1. The number of rotatable bonds is 6. The van der Waals surface area contributed by atoms with E-state index in [-0.39, 0.29) is 17.2 Å². The van der Waals surface area contributed by atoms with Crippen LogP contribution in [-0.2, 0) is 20.9 Å². The van der Waals surface area contributed by atoms with E-state index < -0.39 is 0 Å². The Kier molecular flexibility index (Phi) is 6.53. The van der Waals surface area contributed by atoms with Crippen molar-refractivity contribution in [3.63, 3.8) is 0 Å².